The minimum atomic E-state index is -0.275. The Kier molecular flexibility index (Phi) is 7.96. The molecule has 1 aromatic carbocycles. The second-order valence-electron chi connectivity index (χ2n) is 7.89. The van der Waals surface area contributed by atoms with Crippen molar-refractivity contribution in [3.63, 3.8) is 0 Å². The minimum Gasteiger partial charge on any atom is -0.482 e. The van der Waals surface area contributed by atoms with Crippen molar-refractivity contribution in [2.45, 2.75) is 76.7 Å². The smallest absolute Gasteiger partial charge is 0.230 e. The molecule has 6 nitrogen and oxygen atoms in total. The number of amides is 1. The molecule has 0 bridgehead atoms. The number of carbonyl (C=O) groups excluding carboxylic acids is 1. The number of benzene rings is 1. The van der Waals surface area contributed by atoms with E-state index in [4.69, 9.17) is 4.74 Å². The third-order valence-corrected chi connectivity index (χ3v) is 6.55. The Morgan fingerprint density at radius 2 is 2.10 bits per heavy atom. The number of nitrogens with one attached hydrogen (secondary N) is 1. The lowest BCUT2D eigenvalue weighted by Crippen LogP contribution is -2.37. The van der Waals surface area contributed by atoms with E-state index in [1.807, 2.05) is 29.7 Å². The number of ether oxygens (including phenoxy) is 1. The highest BCUT2D eigenvalue weighted by molar-refractivity contribution is 7.99. The van der Waals surface area contributed by atoms with E-state index in [0.717, 1.165) is 30.0 Å². The average molecular weight is 429 g/mol. The van der Waals surface area contributed by atoms with Crippen LogP contribution in [0.25, 0.3) is 0 Å². The van der Waals surface area contributed by atoms with E-state index in [0.29, 0.717) is 23.5 Å². The van der Waals surface area contributed by atoms with Crippen molar-refractivity contribution in [2.75, 3.05) is 5.75 Å². The molecule has 0 saturated heterocycles. The maximum Gasteiger partial charge on any atom is 0.230 e. The SMILES string of the molecule is C=CCn1c(SCC(=O)NC2CCCCC2)nnc1C(C)Oc1cccc(C)c1C. The molecule has 1 amide bonds. The van der Waals surface area contributed by atoms with Crippen molar-refractivity contribution in [2.24, 2.45) is 0 Å². The molecule has 2 aromatic rings. The molecule has 0 spiro atoms. The topological polar surface area (TPSA) is 69.0 Å². The molecule has 0 aliphatic heterocycles. The number of rotatable bonds is 9. The predicted octanol–water partition coefficient (Wildman–Crippen LogP) is 4.76. The molecule has 1 aliphatic carbocycles. The second kappa shape index (κ2) is 10.7. The third kappa shape index (κ3) is 5.65. The molecule has 1 heterocycles. The van der Waals surface area contributed by atoms with Crippen LogP contribution in [-0.4, -0.2) is 32.5 Å². The van der Waals surface area contributed by atoms with Gasteiger partial charge in [-0.2, -0.15) is 0 Å². The van der Waals surface area contributed by atoms with Crippen molar-refractivity contribution in [1.29, 1.82) is 0 Å². The van der Waals surface area contributed by atoms with Crippen molar-refractivity contribution in [3.8, 4) is 5.75 Å². The molecular formula is C23H32N4O2S. The van der Waals surface area contributed by atoms with Crippen LogP contribution in [-0.2, 0) is 11.3 Å². The van der Waals surface area contributed by atoms with E-state index in [1.54, 1.807) is 0 Å². The quantitative estimate of drug-likeness (QED) is 0.461. The molecule has 30 heavy (non-hydrogen) atoms. The number of aromatic nitrogens is 3. The lowest BCUT2D eigenvalue weighted by molar-refractivity contribution is -0.119. The average Bonchev–Trinajstić information content (AvgIpc) is 3.14. The van der Waals surface area contributed by atoms with Gasteiger partial charge in [0, 0.05) is 12.6 Å². The van der Waals surface area contributed by atoms with Crippen molar-refractivity contribution >= 4 is 17.7 Å². The van der Waals surface area contributed by atoms with Gasteiger partial charge in [0.1, 0.15) is 5.75 Å². The van der Waals surface area contributed by atoms with E-state index in [-0.39, 0.29) is 12.0 Å². The Morgan fingerprint density at radius 3 is 2.83 bits per heavy atom. The highest BCUT2D eigenvalue weighted by Gasteiger charge is 2.21. The fourth-order valence-corrected chi connectivity index (χ4v) is 4.52. The first-order valence-corrected chi connectivity index (χ1v) is 11.7. The first kappa shape index (κ1) is 22.4. The summed E-state index contributed by atoms with van der Waals surface area (Å²) in [6, 6.07) is 6.35. The van der Waals surface area contributed by atoms with Crippen molar-refractivity contribution < 1.29 is 9.53 Å². The summed E-state index contributed by atoms with van der Waals surface area (Å²) in [6.45, 7) is 10.5. The summed E-state index contributed by atoms with van der Waals surface area (Å²) >= 11 is 1.41. The zero-order valence-corrected chi connectivity index (χ0v) is 19.0. The first-order chi connectivity index (χ1) is 14.5. The molecule has 1 unspecified atom stereocenters. The maximum absolute atomic E-state index is 12.4. The Bertz CT molecular complexity index is 874. The molecule has 1 saturated carbocycles. The van der Waals surface area contributed by atoms with E-state index < -0.39 is 0 Å². The Labute approximate surface area is 183 Å². The molecular weight excluding hydrogens is 396 g/mol. The predicted molar refractivity (Wildman–Crippen MR) is 121 cm³/mol. The zero-order valence-electron chi connectivity index (χ0n) is 18.2. The minimum absolute atomic E-state index is 0.0567. The molecule has 0 radical (unpaired) electrons. The van der Waals surface area contributed by atoms with Gasteiger partial charge < -0.3 is 10.1 Å². The van der Waals surface area contributed by atoms with E-state index in [2.05, 4.69) is 42.0 Å². The summed E-state index contributed by atoms with van der Waals surface area (Å²) < 4.78 is 8.17. The zero-order chi connectivity index (χ0) is 21.5. The van der Waals surface area contributed by atoms with Crippen LogP contribution in [0.4, 0.5) is 0 Å². The second-order valence-corrected chi connectivity index (χ2v) is 8.83. The van der Waals surface area contributed by atoms with Gasteiger partial charge in [-0.1, -0.05) is 49.2 Å². The van der Waals surface area contributed by atoms with Crippen LogP contribution in [0.15, 0.2) is 36.0 Å². The van der Waals surface area contributed by atoms with Gasteiger partial charge in [-0.3, -0.25) is 9.36 Å². The summed E-state index contributed by atoms with van der Waals surface area (Å²) in [7, 11) is 0. The van der Waals surface area contributed by atoms with Gasteiger partial charge in [-0.15, -0.1) is 16.8 Å². The van der Waals surface area contributed by atoms with Crippen LogP contribution in [0.1, 0.15) is 62.1 Å². The monoisotopic (exact) mass is 428 g/mol. The summed E-state index contributed by atoms with van der Waals surface area (Å²) in [5.74, 6) is 1.96. The number of nitrogens with zero attached hydrogens (tertiary/aromatic N) is 3. The molecule has 1 atom stereocenters. The van der Waals surface area contributed by atoms with Gasteiger partial charge in [0.15, 0.2) is 17.1 Å². The van der Waals surface area contributed by atoms with Gasteiger partial charge in [0.25, 0.3) is 0 Å². The van der Waals surface area contributed by atoms with E-state index >= 15 is 0 Å². The number of carbonyl (C=O) groups is 1. The largest absolute Gasteiger partial charge is 0.482 e. The standard InChI is InChI=1S/C23H32N4O2S/c1-5-14-27-22(18(4)29-20-13-9-10-16(2)17(20)3)25-26-23(27)30-15-21(28)24-19-11-7-6-8-12-19/h5,9-10,13,18-19H,1,6-8,11-12,14-15H2,2-4H3,(H,24,28). The molecule has 1 N–H and O–H groups in total. The fourth-order valence-electron chi connectivity index (χ4n) is 3.75. The molecule has 162 valence electrons. The van der Waals surface area contributed by atoms with Gasteiger partial charge in [-0.25, -0.2) is 0 Å². The normalized spacial score (nSPS) is 15.6. The third-order valence-electron chi connectivity index (χ3n) is 5.58. The highest BCUT2D eigenvalue weighted by atomic mass is 32.2. The Balaban J connectivity index is 1.65. The lowest BCUT2D eigenvalue weighted by atomic mass is 9.95. The molecule has 7 heteroatoms. The van der Waals surface area contributed by atoms with Gasteiger partial charge >= 0.3 is 0 Å². The number of hydrogen-bond acceptors (Lipinski definition) is 5. The van der Waals surface area contributed by atoms with Crippen molar-refractivity contribution in [3.05, 3.63) is 47.8 Å². The summed E-state index contributed by atoms with van der Waals surface area (Å²) in [6.07, 6.45) is 7.38. The maximum atomic E-state index is 12.4. The molecule has 1 aliphatic rings. The molecule has 1 aromatic heterocycles. The first-order valence-electron chi connectivity index (χ1n) is 10.7. The van der Waals surface area contributed by atoms with Gasteiger partial charge in [0.05, 0.1) is 5.75 Å². The molecule has 3 rings (SSSR count). The summed E-state index contributed by atoms with van der Waals surface area (Å²) in [4.78, 5) is 12.4. The summed E-state index contributed by atoms with van der Waals surface area (Å²) in [5, 5.41) is 12.5. The van der Waals surface area contributed by atoms with Crippen LogP contribution in [0.2, 0.25) is 0 Å². The van der Waals surface area contributed by atoms with Crippen LogP contribution in [0.5, 0.6) is 5.75 Å². The van der Waals surface area contributed by atoms with Gasteiger partial charge in [0.2, 0.25) is 5.91 Å². The van der Waals surface area contributed by atoms with E-state index in [9.17, 15) is 4.79 Å². The van der Waals surface area contributed by atoms with Crippen LogP contribution >= 0.6 is 11.8 Å². The highest BCUT2D eigenvalue weighted by Crippen LogP contribution is 2.28. The molecule has 1 fully saturated rings. The number of aryl methyl sites for hydroxylation is 1. The summed E-state index contributed by atoms with van der Waals surface area (Å²) in [5.41, 5.74) is 2.31. The fraction of sp³-hybridized carbons (Fsp3) is 0.522. The van der Waals surface area contributed by atoms with Gasteiger partial charge in [-0.05, 0) is 50.8 Å². The number of allylic oxidation sites excluding steroid dienone is 1. The van der Waals surface area contributed by atoms with Crippen molar-refractivity contribution in [1.82, 2.24) is 20.1 Å². The lowest BCUT2D eigenvalue weighted by Gasteiger charge is -2.22. The number of hydrogen-bond donors (Lipinski definition) is 1. The van der Waals surface area contributed by atoms with Crippen LogP contribution < -0.4 is 10.1 Å². The number of thioether (sulfide) groups is 1. The van der Waals surface area contributed by atoms with Crippen LogP contribution in [0.3, 0.4) is 0 Å². The van der Waals surface area contributed by atoms with E-state index in [1.165, 1.54) is 36.6 Å². The Hall–Kier alpha value is -2.28. The Morgan fingerprint density at radius 1 is 1.33 bits per heavy atom. The van der Waals surface area contributed by atoms with Crippen LogP contribution in [0, 0.1) is 13.8 Å².